The Morgan fingerprint density at radius 3 is 2.62 bits per heavy atom. The van der Waals surface area contributed by atoms with E-state index >= 15 is 0 Å². The summed E-state index contributed by atoms with van der Waals surface area (Å²) in [6.45, 7) is 7.97. The number of hydrogen-bond acceptors (Lipinski definition) is 5. The summed E-state index contributed by atoms with van der Waals surface area (Å²) in [6, 6.07) is -0.902. The molecule has 2 N–H and O–H groups in total. The van der Waals surface area contributed by atoms with Crippen molar-refractivity contribution in [2.75, 3.05) is 0 Å². The van der Waals surface area contributed by atoms with E-state index < -0.39 is 24.3 Å². The van der Waals surface area contributed by atoms with Crippen LogP contribution in [0.5, 0.6) is 0 Å². The Morgan fingerprint density at radius 2 is 2.04 bits per heavy atom. The lowest BCUT2D eigenvalue weighted by atomic mass is 9.75. The number of carboxylic acids is 1. The molecule has 0 bridgehead atoms. The summed E-state index contributed by atoms with van der Waals surface area (Å²) < 4.78 is 11.3. The van der Waals surface area contributed by atoms with E-state index in [1.54, 1.807) is 0 Å². The maximum atomic E-state index is 11.8. The van der Waals surface area contributed by atoms with Crippen molar-refractivity contribution in [1.29, 1.82) is 0 Å². The number of carbonyl (C=O) groups excluding carboxylic acids is 1. The van der Waals surface area contributed by atoms with E-state index in [1.165, 1.54) is 6.92 Å². The minimum atomic E-state index is -1.04. The summed E-state index contributed by atoms with van der Waals surface area (Å²) in [7, 11) is 0. The molecule has 0 spiro atoms. The van der Waals surface area contributed by atoms with Gasteiger partial charge in [-0.2, -0.15) is 0 Å². The van der Waals surface area contributed by atoms with Crippen LogP contribution in [0.25, 0.3) is 0 Å². The monoisotopic (exact) mass is 359 g/mol. The van der Waals surface area contributed by atoms with Gasteiger partial charge in [-0.3, -0.25) is 4.79 Å². The minimum absolute atomic E-state index is 0.0500. The number of cyclic esters (lactones) is 1. The molecule has 7 heteroatoms. The standard InChI is InChI=1S/C17H26ClNO5/c1-8(2)11-6-5-9(3)7-12(11)23-17-14(13(18)16(22)24-17)19-10(4)15(20)21/h8-12,17,19H,5-7H2,1-4H3,(H,20,21)/t9-,10+,11+,12-,17+/m1/s1. The van der Waals surface area contributed by atoms with Gasteiger partial charge < -0.3 is 19.9 Å². The molecule has 0 radical (unpaired) electrons. The van der Waals surface area contributed by atoms with Gasteiger partial charge in [0.25, 0.3) is 0 Å². The van der Waals surface area contributed by atoms with Crippen molar-refractivity contribution in [3.63, 3.8) is 0 Å². The quantitative estimate of drug-likeness (QED) is 0.709. The first-order chi connectivity index (χ1) is 11.2. The van der Waals surface area contributed by atoms with E-state index in [4.69, 9.17) is 26.2 Å². The molecule has 0 saturated heterocycles. The van der Waals surface area contributed by atoms with Crippen LogP contribution in [-0.2, 0) is 19.1 Å². The molecule has 1 aliphatic heterocycles. The predicted octanol–water partition coefficient (Wildman–Crippen LogP) is 2.86. The lowest BCUT2D eigenvalue weighted by Gasteiger charge is -2.38. The van der Waals surface area contributed by atoms with Crippen molar-refractivity contribution in [2.24, 2.45) is 17.8 Å². The maximum Gasteiger partial charge on any atom is 0.354 e. The average Bonchev–Trinajstić information content (AvgIpc) is 2.74. The van der Waals surface area contributed by atoms with E-state index in [1.807, 2.05) is 0 Å². The van der Waals surface area contributed by atoms with Crippen LogP contribution in [0, 0.1) is 17.8 Å². The SMILES string of the molecule is CC(C)[C@@H]1CC[C@@H](C)C[C@H]1O[C@H]1OC(=O)C(Cl)=C1N[C@@H](C)C(=O)O. The summed E-state index contributed by atoms with van der Waals surface area (Å²) in [4.78, 5) is 22.8. The van der Waals surface area contributed by atoms with Gasteiger partial charge in [0.15, 0.2) is 5.03 Å². The molecule has 1 heterocycles. The van der Waals surface area contributed by atoms with Crippen LogP contribution in [0.15, 0.2) is 10.7 Å². The molecule has 0 amide bonds. The molecular weight excluding hydrogens is 334 g/mol. The Morgan fingerprint density at radius 1 is 1.38 bits per heavy atom. The molecule has 0 aromatic rings. The zero-order chi connectivity index (χ0) is 18.0. The van der Waals surface area contributed by atoms with Crippen LogP contribution < -0.4 is 5.32 Å². The summed E-state index contributed by atoms with van der Waals surface area (Å²) >= 11 is 5.99. The van der Waals surface area contributed by atoms with Crippen molar-refractivity contribution in [3.8, 4) is 0 Å². The predicted molar refractivity (Wildman–Crippen MR) is 89.2 cm³/mol. The first-order valence-electron chi connectivity index (χ1n) is 8.46. The zero-order valence-corrected chi connectivity index (χ0v) is 15.3. The fourth-order valence-electron chi connectivity index (χ4n) is 3.37. The van der Waals surface area contributed by atoms with E-state index in [-0.39, 0.29) is 16.8 Å². The van der Waals surface area contributed by atoms with Crippen molar-refractivity contribution in [2.45, 2.75) is 65.4 Å². The third kappa shape index (κ3) is 4.22. The number of carbonyl (C=O) groups is 2. The van der Waals surface area contributed by atoms with Crippen molar-refractivity contribution in [1.82, 2.24) is 5.32 Å². The first-order valence-corrected chi connectivity index (χ1v) is 8.84. The Kier molecular flexibility index (Phi) is 6.15. The third-order valence-corrected chi connectivity index (χ3v) is 5.23. The first kappa shape index (κ1) is 19.1. The second kappa shape index (κ2) is 7.74. The summed E-state index contributed by atoms with van der Waals surface area (Å²) in [6.07, 6.45) is 2.09. The lowest BCUT2D eigenvalue weighted by molar-refractivity contribution is -0.182. The Bertz CT molecular complexity index is 533. The van der Waals surface area contributed by atoms with E-state index in [9.17, 15) is 9.59 Å². The molecule has 0 unspecified atom stereocenters. The number of carboxylic acid groups (broad SMARTS) is 1. The van der Waals surface area contributed by atoms with Crippen LogP contribution in [-0.4, -0.2) is 35.5 Å². The zero-order valence-electron chi connectivity index (χ0n) is 14.5. The van der Waals surface area contributed by atoms with Crippen LogP contribution in [0.4, 0.5) is 0 Å². The summed E-state index contributed by atoms with van der Waals surface area (Å²) in [5.74, 6) is -0.370. The number of halogens is 1. The number of ether oxygens (including phenoxy) is 2. The molecule has 1 aliphatic carbocycles. The van der Waals surface area contributed by atoms with Crippen molar-refractivity contribution >= 4 is 23.5 Å². The van der Waals surface area contributed by atoms with Gasteiger partial charge >= 0.3 is 11.9 Å². The molecule has 1 fully saturated rings. The topological polar surface area (TPSA) is 84.9 Å². The average molecular weight is 360 g/mol. The van der Waals surface area contributed by atoms with Crippen LogP contribution in [0.2, 0.25) is 0 Å². The molecule has 2 rings (SSSR count). The van der Waals surface area contributed by atoms with Gasteiger partial charge in [0.1, 0.15) is 11.7 Å². The highest BCUT2D eigenvalue weighted by molar-refractivity contribution is 6.42. The second-order valence-corrected chi connectivity index (χ2v) is 7.55. The Balaban J connectivity index is 2.14. The molecule has 1 saturated carbocycles. The van der Waals surface area contributed by atoms with Crippen LogP contribution in [0.3, 0.4) is 0 Å². The minimum Gasteiger partial charge on any atom is -0.480 e. The highest BCUT2D eigenvalue weighted by Gasteiger charge is 2.40. The highest BCUT2D eigenvalue weighted by atomic mass is 35.5. The Hall–Kier alpha value is -1.27. The summed E-state index contributed by atoms with van der Waals surface area (Å²) in [5.41, 5.74) is 0.206. The van der Waals surface area contributed by atoms with Crippen molar-refractivity contribution < 1.29 is 24.2 Å². The number of esters is 1. The van der Waals surface area contributed by atoms with Crippen molar-refractivity contribution in [3.05, 3.63) is 10.7 Å². The highest BCUT2D eigenvalue weighted by Crippen LogP contribution is 2.37. The molecule has 24 heavy (non-hydrogen) atoms. The maximum absolute atomic E-state index is 11.8. The van der Waals surface area contributed by atoms with Crippen LogP contribution in [0.1, 0.15) is 47.0 Å². The largest absolute Gasteiger partial charge is 0.480 e. The number of rotatable bonds is 6. The van der Waals surface area contributed by atoms with Gasteiger partial charge in [-0.1, -0.05) is 38.8 Å². The van der Waals surface area contributed by atoms with Gasteiger partial charge in [0, 0.05) is 0 Å². The Labute approximate surface area is 147 Å². The van der Waals surface area contributed by atoms with Gasteiger partial charge in [-0.15, -0.1) is 0 Å². The fourth-order valence-corrected chi connectivity index (χ4v) is 3.56. The van der Waals surface area contributed by atoms with E-state index in [0.29, 0.717) is 17.8 Å². The normalized spacial score (nSPS) is 32.0. The molecule has 2 aliphatic rings. The van der Waals surface area contributed by atoms with Gasteiger partial charge in [0.2, 0.25) is 6.29 Å². The molecule has 0 aromatic carbocycles. The molecule has 0 aromatic heterocycles. The smallest absolute Gasteiger partial charge is 0.354 e. The molecule has 136 valence electrons. The van der Waals surface area contributed by atoms with Crippen LogP contribution >= 0.6 is 11.6 Å². The lowest BCUT2D eigenvalue weighted by Crippen LogP contribution is -2.41. The van der Waals surface area contributed by atoms with E-state index in [2.05, 4.69) is 26.1 Å². The number of hydrogen-bond donors (Lipinski definition) is 2. The van der Waals surface area contributed by atoms with Gasteiger partial charge in [-0.05, 0) is 37.5 Å². The van der Waals surface area contributed by atoms with E-state index in [0.717, 1.165) is 19.3 Å². The summed E-state index contributed by atoms with van der Waals surface area (Å²) in [5, 5.41) is 11.6. The molecule has 5 atom stereocenters. The number of aliphatic carboxylic acids is 1. The number of nitrogens with one attached hydrogen (secondary N) is 1. The van der Waals surface area contributed by atoms with Gasteiger partial charge in [-0.25, -0.2) is 4.79 Å². The molecular formula is C17H26ClNO5. The van der Waals surface area contributed by atoms with Gasteiger partial charge in [0.05, 0.1) is 6.10 Å². The third-order valence-electron chi connectivity index (χ3n) is 4.87. The molecule has 6 nitrogen and oxygen atoms in total. The fraction of sp³-hybridized carbons (Fsp3) is 0.765. The second-order valence-electron chi connectivity index (χ2n) is 7.17.